The second-order valence-electron chi connectivity index (χ2n) is 5.39. The minimum atomic E-state index is 0.601. The number of hydrogen-bond donors (Lipinski definition) is 1. The first-order valence-corrected chi connectivity index (χ1v) is 6.64. The molecule has 1 aliphatic heterocycles. The van der Waals surface area contributed by atoms with E-state index in [1.165, 1.54) is 50.0 Å². The van der Waals surface area contributed by atoms with Crippen molar-refractivity contribution in [1.82, 2.24) is 9.55 Å². The average Bonchev–Trinajstić information content (AvgIpc) is 2.87. The van der Waals surface area contributed by atoms with Gasteiger partial charge in [-0.2, -0.15) is 0 Å². The van der Waals surface area contributed by atoms with Gasteiger partial charge in [-0.15, -0.1) is 0 Å². The summed E-state index contributed by atoms with van der Waals surface area (Å²) < 4.78 is 2.45. The third kappa shape index (κ3) is 1.45. The van der Waals surface area contributed by atoms with Gasteiger partial charge >= 0.3 is 0 Å². The van der Waals surface area contributed by atoms with Crippen LogP contribution in [0.25, 0.3) is 0 Å². The van der Waals surface area contributed by atoms with Crippen molar-refractivity contribution < 1.29 is 0 Å². The highest BCUT2D eigenvalue weighted by molar-refractivity contribution is 5.39. The molecule has 3 heteroatoms. The summed E-state index contributed by atoms with van der Waals surface area (Å²) in [6, 6.07) is 0.601. The lowest BCUT2D eigenvalue weighted by atomic mass is 10.0. The molecular formula is C13H21N3. The zero-order valence-corrected chi connectivity index (χ0v) is 10.1. The van der Waals surface area contributed by atoms with Crippen molar-refractivity contribution in [3.05, 3.63) is 11.5 Å². The molecule has 3 nitrogen and oxygen atoms in total. The molecule has 16 heavy (non-hydrogen) atoms. The zero-order valence-electron chi connectivity index (χ0n) is 10.1. The Morgan fingerprint density at radius 1 is 1.19 bits per heavy atom. The number of imidazole rings is 1. The summed E-state index contributed by atoms with van der Waals surface area (Å²) in [6.07, 6.45) is 9.01. The highest BCUT2D eigenvalue weighted by atomic mass is 15.2. The van der Waals surface area contributed by atoms with Crippen LogP contribution in [0.2, 0.25) is 0 Å². The number of aromatic nitrogens is 2. The molecule has 1 saturated carbocycles. The van der Waals surface area contributed by atoms with E-state index in [2.05, 4.69) is 16.5 Å². The normalized spacial score (nSPS) is 25.9. The van der Waals surface area contributed by atoms with Crippen LogP contribution in [0.4, 0.5) is 5.82 Å². The molecule has 0 radical (unpaired) electrons. The molecule has 0 saturated heterocycles. The van der Waals surface area contributed by atoms with Gasteiger partial charge in [-0.25, -0.2) is 4.98 Å². The molecule has 1 aromatic heterocycles. The minimum absolute atomic E-state index is 0.601. The highest BCUT2D eigenvalue weighted by Crippen LogP contribution is 2.39. The highest BCUT2D eigenvalue weighted by Gasteiger charge is 2.29. The third-order valence-corrected chi connectivity index (χ3v) is 4.26. The fourth-order valence-electron chi connectivity index (χ4n) is 3.41. The molecule has 0 bridgehead atoms. The van der Waals surface area contributed by atoms with Gasteiger partial charge in [0, 0.05) is 12.0 Å². The fraction of sp³-hybridized carbons (Fsp3) is 0.769. The van der Waals surface area contributed by atoms with Gasteiger partial charge in [0.05, 0.1) is 5.69 Å². The molecule has 2 aliphatic rings. The molecule has 2 N–H and O–H groups in total. The second kappa shape index (κ2) is 3.79. The van der Waals surface area contributed by atoms with Crippen LogP contribution < -0.4 is 5.73 Å². The number of anilines is 1. The summed E-state index contributed by atoms with van der Waals surface area (Å²) in [5.74, 6) is 2.77. The molecule has 0 aromatic carbocycles. The van der Waals surface area contributed by atoms with Crippen LogP contribution in [0, 0.1) is 0 Å². The van der Waals surface area contributed by atoms with Crippen molar-refractivity contribution in [3.63, 3.8) is 0 Å². The number of hydrogen-bond acceptors (Lipinski definition) is 2. The topological polar surface area (TPSA) is 43.8 Å². The van der Waals surface area contributed by atoms with Crippen molar-refractivity contribution in [1.29, 1.82) is 0 Å². The van der Waals surface area contributed by atoms with Crippen LogP contribution >= 0.6 is 0 Å². The van der Waals surface area contributed by atoms with Crippen LogP contribution in [0.5, 0.6) is 0 Å². The summed E-state index contributed by atoms with van der Waals surface area (Å²) in [5.41, 5.74) is 7.37. The third-order valence-electron chi connectivity index (χ3n) is 4.26. The van der Waals surface area contributed by atoms with E-state index < -0.39 is 0 Å². The van der Waals surface area contributed by atoms with Crippen LogP contribution in [0.15, 0.2) is 0 Å². The summed E-state index contributed by atoms with van der Waals surface area (Å²) in [7, 11) is 0. The van der Waals surface area contributed by atoms with E-state index in [1.807, 2.05) is 0 Å². The Bertz CT molecular complexity index is 388. The van der Waals surface area contributed by atoms with E-state index in [4.69, 9.17) is 5.73 Å². The second-order valence-corrected chi connectivity index (χ2v) is 5.39. The quantitative estimate of drug-likeness (QED) is 0.789. The Labute approximate surface area is 97.0 Å². The van der Waals surface area contributed by atoms with Crippen molar-refractivity contribution in [2.75, 3.05) is 5.73 Å². The maximum absolute atomic E-state index is 6.06. The van der Waals surface area contributed by atoms with Crippen LogP contribution in [0.1, 0.15) is 68.9 Å². The first-order chi connectivity index (χ1) is 7.77. The van der Waals surface area contributed by atoms with Gasteiger partial charge in [-0.3, -0.25) is 0 Å². The van der Waals surface area contributed by atoms with E-state index >= 15 is 0 Å². The van der Waals surface area contributed by atoms with E-state index in [-0.39, 0.29) is 0 Å². The van der Waals surface area contributed by atoms with Gasteiger partial charge < -0.3 is 10.3 Å². The Hall–Kier alpha value is -0.990. The number of nitrogen functional groups attached to an aromatic ring is 1. The van der Waals surface area contributed by atoms with Gasteiger partial charge in [0.15, 0.2) is 0 Å². The standard InChI is InChI=1S/C13H21N3/c1-9-5-4-8-11-12(14)15-13(16(9)11)10-6-2-3-7-10/h9-10H,2-8,14H2,1H3. The summed E-state index contributed by atoms with van der Waals surface area (Å²) >= 11 is 0. The lowest BCUT2D eigenvalue weighted by Gasteiger charge is -2.25. The number of nitrogens with zero attached hydrogens (tertiary/aromatic N) is 2. The Morgan fingerprint density at radius 2 is 1.94 bits per heavy atom. The molecule has 1 unspecified atom stereocenters. The fourth-order valence-corrected chi connectivity index (χ4v) is 3.41. The van der Waals surface area contributed by atoms with Gasteiger partial charge in [0.25, 0.3) is 0 Å². The molecule has 1 aliphatic carbocycles. The molecule has 0 amide bonds. The van der Waals surface area contributed by atoms with Gasteiger partial charge in [-0.1, -0.05) is 12.8 Å². The molecule has 1 aromatic rings. The minimum Gasteiger partial charge on any atom is -0.382 e. The van der Waals surface area contributed by atoms with Crippen molar-refractivity contribution in [2.45, 2.75) is 63.8 Å². The first kappa shape index (κ1) is 10.2. The summed E-state index contributed by atoms with van der Waals surface area (Å²) in [4.78, 5) is 4.67. The van der Waals surface area contributed by atoms with E-state index in [0.29, 0.717) is 12.0 Å². The lowest BCUT2D eigenvalue weighted by Crippen LogP contribution is -2.18. The predicted molar refractivity (Wildman–Crippen MR) is 65.5 cm³/mol. The summed E-state index contributed by atoms with van der Waals surface area (Å²) in [6.45, 7) is 2.31. The van der Waals surface area contributed by atoms with Crippen molar-refractivity contribution in [2.24, 2.45) is 0 Å². The Kier molecular flexibility index (Phi) is 2.41. The molecule has 88 valence electrons. The molecular weight excluding hydrogens is 198 g/mol. The lowest BCUT2D eigenvalue weighted by molar-refractivity contribution is 0.407. The number of fused-ring (bicyclic) bond motifs is 1. The van der Waals surface area contributed by atoms with Crippen LogP contribution in [0.3, 0.4) is 0 Å². The molecule has 2 heterocycles. The Balaban J connectivity index is 2.04. The monoisotopic (exact) mass is 219 g/mol. The van der Waals surface area contributed by atoms with Crippen molar-refractivity contribution in [3.8, 4) is 0 Å². The van der Waals surface area contributed by atoms with Gasteiger partial charge in [0.1, 0.15) is 11.6 Å². The Morgan fingerprint density at radius 3 is 2.69 bits per heavy atom. The van der Waals surface area contributed by atoms with Crippen molar-refractivity contribution >= 4 is 5.82 Å². The van der Waals surface area contributed by atoms with Gasteiger partial charge in [0.2, 0.25) is 0 Å². The number of nitrogens with two attached hydrogens (primary N) is 1. The molecule has 3 rings (SSSR count). The maximum atomic E-state index is 6.06. The smallest absolute Gasteiger partial charge is 0.145 e. The molecule has 1 fully saturated rings. The zero-order chi connectivity index (χ0) is 11.1. The van der Waals surface area contributed by atoms with Crippen LogP contribution in [-0.4, -0.2) is 9.55 Å². The molecule has 1 atom stereocenters. The average molecular weight is 219 g/mol. The van der Waals surface area contributed by atoms with Crippen LogP contribution in [-0.2, 0) is 6.42 Å². The first-order valence-electron chi connectivity index (χ1n) is 6.64. The van der Waals surface area contributed by atoms with E-state index in [1.54, 1.807) is 0 Å². The van der Waals surface area contributed by atoms with E-state index in [0.717, 1.165) is 12.2 Å². The van der Waals surface area contributed by atoms with Gasteiger partial charge in [-0.05, 0) is 39.0 Å². The molecule has 0 spiro atoms. The maximum Gasteiger partial charge on any atom is 0.145 e. The largest absolute Gasteiger partial charge is 0.382 e. The SMILES string of the molecule is CC1CCCc2c(N)nc(C3CCCC3)n21. The summed E-state index contributed by atoms with van der Waals surface area (Å²) in [5, 5.41) is 0. The van der Waals surface area contributed by atoms with E-state index in [9.17, 15) is 0 Å². The predicted octanol–water partition coefficient (Wildman–Crippen LogP) is 3.02. The number of rotatable bonds is 1.